The first-order chi connectivity index (χ1) is 12.1. The van der Waals surface area contributed by atoms with Gasteiger partial charge in [-0.2, -0.15) is 0 Å². The second kappa shape index (κ2) is 8.28. The number of benzene rings is 2. The summed E-state index contributed by atoms with van der Waals surface area (Å²) in [4.78, 5) is 14.8. The molecule has 1 aliphatic rings. The first-order valence-electron chi connectivity index (χ1n) is 8.99. The molecule has 1 fully saturated rings. The van der Waals surface area contributed by atoms with Crippen molar-refractivity contribution in [1.29, 1.82) is 0 Å². The number of nitrogens with two attached hydrogens (primary N) is 1. The van der Waals surface area contributed by atoms with Gasteiger partial charge in [-0.25, -0.2) is 0 Å². The molecular weight excluding hydrogens is 310 g/mol. The third kappa shape index (κ3) is 4.91. The summed E-state index contributed by atoms with van der Waals surface area (Å²) in [5, 5.41) is 3.17. The highest BCUT2D eigenvalue weighted by atomic mass is 16.1. The third-order valence-electron chi connectivity index (χ3n) is 4.93. The summed E-state index contributed by atoms with van der Waals surface area (Å²) in [7, 11) is 0. The van der Waals surface area contributed by atoms with Gasteiger partial charge in [-0.3, -0.25) is 9.69 Å². The van der Waals surface area contributed by atoms with Gasteiger partial charge in [0.1, 0.15) is 0 Å². The van der Waals surface area contributed by atoms with Crippen LogP contribution < -0.4 is 11.1 Å². The maximum absolute atomic E-state index is 12.3. The van der Waals surface area contributed by atoms with E-state index >= 15 is 0 Å². The van der Waals surface area contributed by atoms with Crippen LogP contribution in [0.2, 0.25) is 0 Å². The number of carbonyl (C=O) groups excluding carboxylic acids is 1. The number of hydrogen-bond donors (Lipinski definition) is 2. The number of rotatable bonds is 6. The van der Waals surface area contributed by atoms with E-state index in [1.54, 1.807) is 0 Å². The minimum atomic E-state index is -0.250. The average Bonchev–Trinajstić information content (AvgIpc) is 2.95. The lowest BCUT2D eigenvalue weighted by Crippen LogP contribution is -2.38. The second-order valence-corrected chi connectivity index (χ2v) is 6.99. The Morgan fingerprint density at radius 1 is 1.16 bits per heavy atom. The summed E-state index contributed by atoms with van der Waals surface area (Å²) >= 11 is 0. The zero-order valence-electron chi connectivity index (χ0n) is 14.8. The van der Waals surface area contributed by atoms with E-state index in [9.17, 15) is 4.79 Å². The Labute approximate surface area is 150 Å². The van der Waals surface area contributed by atoms with Gasteiger partial charge < -0.3 is 11.1 Å². The maximum atomic E-state index is 12.3. The van der Waals surface area contributed by atoms with Gasteiger partial charge in [0.2, 0.25) is 5.91 Å². The van der Waals surface area contributed by atoms with Gasteiger partial charge in [0.25, 0.3) is 0 Å². The Morgan fingerprint density at radius 2 is 1.80 bits per heavy atom. The Bertz CT molecular complexity index is 674. The van der Waals surface area contributed by atoms with Gasteiger partial charge in [0.05, 0.1) is 0 Å². The van der Waals surface area contributed by atoms with Crippen LogP contribution in [0.15, 0.2) is 60.7 Å². The third-order valence-corrected chi connectivity index (χ3v) is 4.93. The van der Waals surface area contributed by atoms with Gasteiger partial charge in [-0.15, -0.1) is 0 Å². The normalized spacial score (nSPS) is 21.8. The zero-order valence-corrected chi connectivity index (χ0v) is 14.8. The van der Waals surface area contributed by atoms with E-state index in [1.807, 2.05) is 36.4 Å². The first kappa shape index (κ1) is 17.6. The highest BCUT2D eigenvalue weighted by Gasteiger charge is 2.30. The maximum Gasteiger partial charge on any atom is 0.222 e. The lowest BCUT2D eigenvalue weighted by molar-refractivity contribution is -0.122. The van der Waals surface area contributed by atoms with Crippen LogP contribution >= 0.6 is 0 Å². The van der Waals surface area contributed by atoms with Crippen molar-refractivity contribution in [2.45, 2.75) is 44.4 Å². The standard InChI is InChI=1S/C21H27N3O/c1-16-12-19(15-24(16)14-17-8-4-2-5-9-17)23-21(25)13-20(22)18-10-6-3-7-11-18/h2-11,16,19-20H,12-15,22H2,1H3,(H,23,25). The van der Waals surface area contributed by atoms with Gasteiger partial charge in [0, 0.05) is 37.6 Å². The molecule has 0 spiro atoms. The quantitative estimate of drug-likeness (QED) is 0.852. The topological polar surface area (TPSA) is 58.4 Å². The summed E-state index contributed by atoms with van der Waals surface area (Å²) in [6.07, 6.45) is 1.31. The SMILES string of the molecule is CC1CC(NC(=O)CC(N)c2ccccc2)CN1Cc1ccccc1. The Morgan fingerprint density at radius 3 is 2.48 bits per heavy atom. The number of hydrogen-bond acceptors (Lipinski definition) is 3. The van der Waals surface area contributed by atoms with Crippen molar-refractivity contribution in [1.82, 2.24) is 10.2 Å². The molecule has 0 radical (unpaired) electrons. The molecule has 1 aliphatic heterocycles. The van der Waals surface area contributed by atoms with Gasteiger partial charge >= 0.3 is 0 Å². The summed E-state index contributed by atoms with van der Waals surface area (Å²) in [6, 6.07) is 20.7. The van der Waals surface area contributed by atoms with E-state index in [-0.39, 0.29) is 18.0 Å². The summed E-state index contributed by atoms with van der Waals surface area (Å²) in [6.45, 7) is 4.05. The molecule has 0 aromatic heterocycles. The minimum Gasteiger partial charge on any atom is -0.352 e. The van der Waals surface area contributed by atoms with E-state index in [2.05, 4.69) is 41.4 Å². The van der Waals surface area contributed by atoms with Crippen LogP contribution in [0.4, 0.5) is 0 Å². The minimum absolute atomic E-state index is 0.0371. The fourth-order valence-electron chi connectivity index (χ4n) is 3.55. The van der Waals surface area contributed by atoms with Crippen molar-refractivity contribution in [2.75, 3.05) is 6.54 Å². The number of nitrogens with one attached hydrogen (secondary N) is 1. The fraction of sp³-hybridized carbons (Fsp3) is 0.381. The average molecular weight is 337 g/mol. The molecule has 3 unspecified atom stereocenters. The number of carbonyl (C=O) groups is 1. The van der Waals surface area contributed by atoms with Crippen LogP contribution in [-0.4, -0.2) is 29.4 Å². The van der Waals surface area contributed by atoms with Crippen LogP contribution in [-0.2, 0) is 11.3 Å². The molecule has 2 aromatic rings. The molecule has 3 atom stereocenters. The van der Waals surface area contributed by atoms with Gasteiger partial charge in [0.15, 0.2) is 0 Å². The van der Waals surface area contributed by atoms with Crippen LogP contribution in [0.25, 0.3) is 0 Å². The Balaban J connectivity index is 1.49. The highest BCUT2D eigenvalue weighted by Crippen LogP contribution is 2.21. The molecule has 0 saturated carbocycles. The van der Waals surface area contributed by atoms with Crippen LogP contribution in [0.1, 0.15) is 36.9 Å². The van der Waals surface area contributed by atoms with E-state index in [0.717, 1.165) is 25.1 Å². The van der Waals surface area contributed by atoms with Crippen molar-refractivity contribution in [3.63, 3.8) is 0 Å². The van der Waals surface area contributed by atoms with Gasteiger partial charge in [-0.05, 0) is 24.5 Å². The van der Waals surface area contributed by atoms with E-state index in [0.29, 0.717) is 12.5 Å². The Kier molecular flexibility index (Phi) is 5.84. The molecular formula is C21H27N3O. The molecule has 1 heterocycles. The molecule has 4 nitrogen and oxygen atoms in total. The number of likely N-dealkylation sites (tertiary alicyclic amines) is 1. The molecule has 4 heteroatoms. The van der Waals surface area contributed by atoms with Crippen molar-refractivity contribution >= 4 is 5.91 Å². The fourth-order valence-corrected chi connectivity index (χ4v) is 3.55. The van der Waals surface area contributed by atoms with Crippen LogP contribution in [0, 0.1) is 0 Å². The summed E-state index contributed by atoms with van der Waals surface area (Å²) < 4.78 is 0. The summed E-state index contributed by atoms with van der Waals surface area (Å²) in [5.41, 5.74) is 8.47. The highest BCUT2D eigenvalue weighted by molar-refractivity contribution is 5.77. The predicted molar refractivity (Wildman–Crippen MR) is 101 cm³/mol. The molecule has 0 aliphatic carbocycles. The summed E-state index contributed by atoms with van der Waals surface area (Å²) in [5.74, 6) is 0.0371. The lowest BCUT2D eigenvalue weighted by Gasteiger charge is -2.21. The van der Waals surface area contributed by atoms with Crippen molar-refractivity contribution in [2.24, 2.45) is 5.73 Å². The molecule has 25 heavy (non-hydrogen) atoms. The molecule has 3 N–H and O–H groups in total. The van der Waals surface area contributed by atoms with Crippen molar-refractivity contribution in [3.8, 4) is 0 Å². The second-order valence-electron chi connectivity index (χ2n) is 6.99. The zero-order chi connectivity index (χ0) is 17.6. The number of amides is 1. The van der Waals surface area contributed by atoms with E-state index in [4.69, 9.17) is 5.73 Å². The van der Waals surface area contributed by atoms with Crippen LogP contribution in [0.5, 0.6) is 0 Å². The molecule has 1 amide bonds. The molecule has 2 aromatic carbocycles. The predicted octanol–water partition coefficient (Wildman–Crippen LogP) is 2.86. The van der Waals surface area contributed by atoms with E-state index in [1.165, 1.54) is 5.56 Å². The Hall–Kier alpha value is -2.17. The first-order valence-corrected chi connectivity index (χ1v) is 8.99. The van der Waals surface area contributed by atoms with E-state index < -0.39 is 0 Å². The molecule has 3 rings (SSSR count). The van der Waals surface area contributed by atoms with Crippen molar-refractivity contribution in [3.05, 3.63) is 71.8 Å². The monoisotopic (exact) mass is 337 g/mol. The number of nitrogens with zero attached hydrogens (tertiary/aromatic N) is 1. The lowest BCUT2D eigenvalue weighted by atomic mass is 10.0. The smallest absolute Gasteiger partial charge is 0.222 e. The largest absolute Gasteiger partial charge is 0.352 e. The molecule has 1 saturated heterocycles. The van der Waals surface area contributed by atoms with Crippen LogP contribution in [0.3, 0.4) is 0 Å². The molecule has 132 valence electrons. The van der Waals surface area contributed by atoms with Crippen molar-refractivity contribution < 1.29 is 4.79 Å². The molecule has 0 bridgehead atoms. The van der Waals surface area contributed by atoms with Gasteiger partial charge in [-0.1, -0.05) is 60.7 Å².